The van der Waals surface area contributed by atoms with Gasteiger partial charge in [-0.25, -0.2) is 15.0 Å². The highest BCUT2D eigenvalue weighted by molar-refractivity contribution is 7.86. The Morgan fingerprint density at radius 1 is 1.23 bits per heavy atom. The maximum atomic E-state index is 12.9. The summed E-state index contributed by atoms with van der Waals surface area (Å²) >= 11 is 5.92. The molecule has 0 bridgehead atoms. The van der Waals surface area contributed by atoms with Crippen LogP contribution in [0.25, 0.3) is 0 Å². The van der Waals surface area contributed by atoms with E-state index in [1.165, 1.54) is 0 Å². The van der Waals surface area contributed by atoms with E-state index >= 15 is 0 Å². The van der Waals surface area contributed by atoms with Crippen LogP contribution in [-0.4, -0.2) is 59.7 Å². The summed E-state index contributed by atoms with van der Waals surface area (Å²) < 4.78 is 12.9. The van der Waals surface area contributed by atoms with Crippen LogP contribution in [0, 0.1) is 0 Å². The quantitative estimate of drug-likeness (QED) is 0.701. The number of nitrogens with one attached hydrogen (secondary N) is 1. The molecule has 4 heterocycles. The molecular formula is C21H25ClN6O2S. The van der Waals surface area contributed by atoms with Crippen LogP contribution in [0.4, 0.5) is 11.8 Å². The number of aliphatic hydroxyl groups excluding tert-OH is 1. The Morgan fingerprint density at radius 3 is 2.61 bits per heavy atom. The van der Waals surface area contributed by atoms with E-state index in [0.29, 0.717) is 28.6 Å². The largest absolute Gasteiger partial charge is 0.394 e. The number of rotatable bonds is 5. The van der Waals surface area contributed by atoms with E-state index in [1.54, 1.807) is 12.4 Å². The Hall–Kier alpha value is -1.84. The number of aromatic nitrogens is 4. The van der Waals surface area contributed by atoms with Crippen molar-refractivity contribution >= 4 is 34.2 Å². The Morgan fingerprint density at radius 2 is 1.97 bits per heavy atom. The van der Waals surface area contributed by atoms with Crippen LogP contribution in [0.15, 0.2) is 17.3 Å². The molecule has 31 heavy (non-hydrogen) atoms. The highest BCUT2D eigenvalue weighted by Crippen LogP contribution is 2.56. The zero-order valence-electron chi connectivity index (χ0n) is 17.1. The van der Waals surface area contributed by atoms with Gasteiger partial charge in [0.2, 0.25) is 5.95 Å². The van der Waals surface area contributed by atoms with E-state index in [4.69, 9.17) is 21.6 Å². The first-order chi connectivity index (χ1) is 15.1. The van der Waals surface area contributed by atoms with Gasteiger partial charge in [0.05, 0.1) is 33.7 Å². The molecule has 10 heteroatoms. The van der Waals surface area contributed by atoms with Gasteiger partial charge < -0.3 is 15.3 Å². The molecule has 164 valence electrons. The number of nitrogens with zero attached hydrogens (tertiary/aromatic N) is 5. The standard InChI is InChI=1S/C21H25ClN6O2S/c22-13-9-23-18(24-10-13)12-2-6-28(7-3-12)20-25-16-14-8-15(14)31(30)17(16)19(26-20)27-21(11-29)4-1-5-21/h9-10,12,14-15,29H,1-8,11H2,(H,25,26,27). The Labute approximate surface area is 188 Å². The predicted octanol–water partition coefficient (Wildman–Crippen LogP) is 2.61. The molecular weight excluding hydrogens is 436 g/mol. The van der Waals surface area contributed by atoms with E-state index in [0.717, 1.165) is 68.0 Å². The van der Waals surface area contributed by atoms with E-state index in [1.807, 2.05) is 0 Å². The van der Waals surface area contributed by atoms with Gasteiger partial charge in [-0.2, -0.15) is 4.98 Å². The van der Waals surface area contributed by atoms with Crippen LogP contribution < -0.4 is 10.2 Å². The van der Waals surface area contributed by atoms with Crippen LogP contribution >= 0.6 is 11.6 Å². The van der Waals surface area contributed by atoms with Crippen molar-refractivity contribution in [2.45, 2.75) is 66.0 Å². The number of halogens is 1. The summed E-state index contributed by atoms with van der Waals surface area (Å²) in [6.07, 6.45) is 9.00. The SMILES string of the molecule is O=S1c2c(NC3(CO)CCC3)nc(N3CCC(c4ncc(Cl)cn4)CC3)nc2C2CC21. The first-order valence-corrected chi connectivity index (χ1v) is 12.6. The second-order valence-electron chi connectivity index (χ2n) is 9.20. The van der Waals surface area contributed by atoms with Crippen LogP contribution in [0.5, 0.6) is 0 Å². The molecule has 2 N–H and O–H groups in total. The molecule has 2 aliphatic heterocycles. The average molecular weight is 461 g/mol. The third-order valence-corrected chi connectivity index (χ3v) is 9.29. The molecule has 3 unspecified atom stereocenters. The third-order valence-electron chi connectivity index (χ3n) is 7.22. The molecule has 6 rings (SSSR count). The smallest absolute Gasteiger partial charge is 0.227 e. The lowest BCUT2D eigenvalue weighted by molar-refractivity contribution is 0.143. The monoisotopic (exact) mass is 460 g/mol. The van der Waals surface area contributed by atoms with Gasteiger partial charge in [0.15, 0.2) is 0 Å². The number of piperidine rings is 1. The normalized spacial score (nSPS) is 28.6. The minimum atomic E-state index is -1.06. The fourth-order valence-corrected chi connectivity index (χ4v) is 6.93. The summed E-state index contributed by atoms with van der Waals surface area (Å²) in [7, 11) is -1.06. The van der Waals surface area contributed by atoms with Crippen molar-refractivity contribution in [2.24, 2.45) is 0 Å². The van der Waals surface area contributed by atoms with E-state index < -0.39 is 10.8 Å². The van der Waals surface area contributed by atoms with Crippen molar-refractivity contribution in [1.82, 2.24) is 19.9 Å². The molecule has 3 fully saturated rings. The predicted molar refractivity (Wildman–Crippen MR) is 118 cm³/mol. The van der Waals surface area contributed by atoms with Crippen LogP contribution in [-0.2, 0) is 10.8 Å². The summed E-state index contributed by atoms with van der Waals surface area (Å²) in [6.45, 7) is 1.70. The van der Waals surface area contributed by atoms with Gasteiger partial charge in [-0.3, -0.25) is 4.21 Å². The molecule has 0 amide bonds. The molecule has 8 nitrogen and oxygen atoms in total. The first kappa shape index (κ1) is 19.8. The van der Waals surface area contributed by atoms with Gasteiger partial charge >= 0.3 is 0 Å². The van der Waals surface area contributed by atoms with Gasteiger partial charge in [0, 0.05) is 42.6 Å². The van der Waals surface area contributed by atoms with Crippen LogP contribution in [0.3, 0.4) is 0 Å². The Bertz CT molecular complexity index is 1030. The first-order valence-electron chi connectivity index (χ1n) is 11.0. The van der Waals surface area contributed by atoms with Crippen molar-refractivity contribution in [1.29, 1.82) is 0 Å². The van der Waals surface area contributed by atoms with Crippen molar-refractivity contribution in [3.8, 4) is 0 Å². The Balaban J connectivity index is 1.26. The molecule has 3 atom stereocenters. The van der Waals surface area contributed by atoms with Crippen molar-refractivity contribution in [3.05, 3.63) is 28.9 Å². The Kier molecular flexibility index (Phi) is 4.70. The highest BCUT2D eigenvalue weighted by Gasteiger charge is 2.54. The van der Waals surface area contributed by atoms with Gasteiger partial charge in [0.25, 0.3) is 0 Å². The number of hydrogen-bond acceptors (Lipinski definition) is 8. The fourth-order valence-electron chi connectivity index (χ4n) is 5.03. The maximum Gasteiger partial charge on any atom is 0.227 e. The van der Waals surface area contributed by atoms with E-state index in [-0.39, 0.29) is 17.4 Å². The van der Waals surface area contributed by atoms with Crippen molar-refractivity contribution in [2.75, 3.05) is 29.9 Å². The zero-order chi connectivity index (χ0) is 21.2. The molecule has 4 aliphatic rings. The topological polar surface area (TPSA) is 104 Å². The summed E-state index contributed by atoms with van der Waals surface area (Å²) in [6, 6.07) is 0. The van der Waals surface area contributed by atoms with Gasteiger partial charge in [0.1, 0.15) is 16.5 Å². The van der Waals surface area contributed by atoms with Crippen LogP contribution in [0.1, 0.15) is 61.9 Å². The molecule has 1 saturated heterocycles. The third kappa shape index (κ3) is 3.32. The van der Waals surface area contributed by atoms with Crippen molar-refractivity contribution < 1.29 is 9.32 Å². The lowest BCUT2D eigenvalue weighted by atomic mass is 9.77. The van der Waals surface area contributed by atoms with Gasteiger partial charge in [-0.05, 0) is 38.5 Å². The fraction of sp³-hybridized carbons (Fsp3) is 0.619. The molecule has 0 aromatic carbocycles. The lowest BCUT2D eigenvalue weighted by Crippen LogP contribution is -2.49. The van der Waals surface area contributed by atoms with E-state index in [2.05, 4.69) is 20.2 Å². The van der Waals surface area contributed by atoms with E-state index in [9.17, 15) is 9.32 Å². The number of aliphatic hydroxyl groups is 1. The summed E-state index contributed by atoms with van der Waals surface area (Å²) in [5, 5.41) is 14.2. The second-order valence-corrected chi connectivity index (χ2v) is 11.2. The zero-order valence-corrected chi connectivity index (χ0v) is 18.7. The second kappa shape index (κ2) is 7.35. The van der Waals surface area contributed by atoms with Crippen LogP contribution in [0.2, 0.25) is 5.02 Å². The molecule has 0 radical (unpaired) electrons. The highest BCUT2D eigenvalue weighted by atomic mass is 35.5. The molecule has 2 aliphatic carbocycles. The number of anilines is 2. The minimum Gasteiger partial charge on any atom is -0.394 e. The summed E-state index contributed by atoms with van der Waals surface area (Å²) in [4.78, 5) is 21.5. The molecule has 0 spiro atoms. The number of fused-ring (bicyclic) bond motifs is 3. The van der Waals surface area contributed by atoms with Crippen molar-refractivity contribution in [3.63, 3.8) is 0 Å². The lowest BCUT2D eigenvalue weighted by Gasteiger charge is -2.42. The average Bonchev–Trinajstić information content (AvgIpc) is 3.52. The van der Waals surface area contributed by atoms with Gasteiger partial charge in [-0.15, -0.1) is 0 Å². The van der Waals surface area contributed by atoms with Gasteiger partial charge in [-0.1, -0.05) is 11.6 Å². The molecule has 2 aromatic heterocycles. The molecule has 2 aromatic rings. The summed E-state index contributed by atoms with van der Waals surface area (Å²) in [5.74, 6) is 2.81. The number of hydrogen-bond donors (Lipinski definition) is 2. The summed E-state index contributed by atoms with van der Waals surface area (Å²) in [5.41, 5.74) is 0.612. The molecule has 2 saturated carbocycles. The maximum absolute atomic E-state index is 12.9. The minimum absolute atomic E-state index is 0.0626.